The second kappa shape index (κ2) is 14.2. The van der Waals surface area contributed by atoms with Gasteiger partial charge in [-0.2, -0.15) is 0 Å². The maximum atomic E-state index is 14.3. The first-order valence-electron chi connectivity index (χ1n) is 17.3. The lowest BCUT2D eigenvalue weighted by Gasteiger charge is -2.29. The van der Waals surface area contributed by atoms with Crippen LogP contribution in [0.3, 0.4) is 0 Å². The standard InChI is InChI=1S/C37H40ClN5O9S/c1-6-20-14-37(20,34(46)47)42-32(44)26-12-22(15-43(26)33(45)30(17(2)3)41-35(48)52-21-10-18-9-19(18)11-21)51-28-13-24(25-16-53-36(40-25)50-5)39-31-23(28)7-8-27(49-4)29(31)38/h6-8,13,16,18-22,26,30H,1-2,9-12,14-15H2,3-5H3,(H,41,48)(H,42,44)(H,46,47)/t18-,19+,20-,21?,22-,26+,30?,37-/m1/s1. The Morgan fingerprint density at radius 1 is 1.08 bits per heavy atom. The van der Waals surface area contributed by atoms with E-state index in [2.05, 4.69) is 28.8 Å². The molecule has 3 amide bonds. The summed E-state index contributed by atoms with van der Waals surface area (Å²) in [4.78, 5) is 64.2. The molecule has 3 N–H and O–H groups in total. The van der Waals surface area contributed by atoms with Crippen LogP contribution in [0.2, 0.25) is 5.02 Å². The molecule has 7 rings (SSSR count). The van der Waals surface area contributed by atoms with Crippen molar-refractivity contribution < 1.29 is 43.2 Å². The first-order valence-corrected chi connectivity index (χ1v) is 18.6. The molecule has 0 spiro atoms. The van der Waals surface area contributed by atoms with Crippen molar-refractivity contribution >= 4 is 57.7 Å². The van der Waals surface area contributed by atoms with E-state index in [4.69, 9.17) is 35.5 Å². The number of pyridine rings is 1. The number of thiazole rings is 1. The molecule has 53 heavy (non-hydrogen) atoms. The molecule has 280 valence electrons. The quantitative estimate of drug-likeness (QED) is 0.200. The van der Waals surface area contributed by atoms with Gasteiger partial charge in [-0.1, -0.05) is 35.6 Å². The van der Waals surface area contributed by atoms with Gasteiger partial charge in [0.15, 0.2) is 0 Å². The number of aromatic nitrogens is 2. The molecule has 3 heterocycles. The number of carboxylic acid groups (broad SMARTS) is 1. The van der Waals surface area contributed by atoms with Crippen LogP contribution in [-0.2, 0) is 19.1 Å². The minimum atomic E-state index is -1.54. The highest BCUT2D eigenvalue weighted by Crippen LogP contribution is 2.52. The topological polar surface area (TPSA) is 179 Å². The van der Waals surface area contributed by atoms with E-state index in [-0.39, 0.29) is 30.5 Å². The first kappa shape index (κ1) is 36.5. The number of amides is 3. The second-order valence-electron chi connectivity index (χ2n) is 14.2. The van der Waals surface area contributed by atoms with E-state index in [1.54, 1.807) is 30.5 Å². The Bertz CT molecular complexity index is 2010. The summed E-state index contributed by atoms with van der Waals surface area (Å²) < 4.78 is 23.0. The molecular formula is C37H40ClN5O9S. The summed E-state index contributed by atoms with van der Waals surface area (Å²) >= 11 is 8.02. The monoisotopic (exact) mass is 765 g/mol. The van der Waals surface area contributed by atoms with Crippen molar-refractivity contribution in [3.8, 4) is 28.1 Å². The Hall–Kier alpha value is -4.89. The number of carbonyl (C=O) groups is 4. The molecule has 0 bridgehead atoms. The number of methoxy groups -OCH3 is 2. The number of ether oxygens (including phenoxy) is 4. The molecule has 14 nitrogen and oxygen atoms in total. The van der Waals surface area contributed by atoms with Crippen LogP contribution in [0.15, 0.2) is 48.4 Å². The molecule has 3 aromatic rings. The number of likely N-dealkylation sites (tertiary alicyclic amines) is 1. The number of nitrogens with one attached hydrogen (secondary N) is 2. The highest BCUT2D eigenvalue weighted by Gasteiger charge is 2.61. The summed E-state index contributed by atoms with van der Waals surface area (Å²) in [6, 6.07) is 2.74. The maximum Gasteiger partial charge on any atom is 0.408 e. The molecule has 2 unspecified atom stereocenters. The number of halogens is 1. The van der Waals surface area contributed by atoms with E-state index < -0.39 is 53.5 Å². The van der Waals surface area contributed by atoms with Crippen molar-refractivity contribution in [1.29, 1.82) is 0 Å². The van der Waals surface area contributed by atoms with Gasteiger partial charge in [0, 0.05) is 29.2 Å². The fourth-order valence-corrected chi connectivity index (χ4v) is 8.47. The van der Waals surface area contributed by atoms with Gasteiger partial charge in [0.25, 0.3) is 5.19 Å². The van der Waals surface area contributed by atoms with E-state index >= 15 is 0 Å². The molecule has 1 aliphatic heterocycles. The summed E-state index contributed by atoms with van der Waals surface area (Å²) in [6.07, 6.45) is 2.68. The minimum absolute atomic E-state index is 0.00219. The van der Waals surface area contributed by atoms with Gasteiger partial charge in [0.05, 0.1) is 32.0 Å². The zero-order valence-electron chi connectivity index (χ0n) is 29.4. The number of rotatable bonds is 13. The number of hydrogen-bond donors (Lipinski definition) is 3. The molecule has 8 atom stereocenters. The summed E-state index contributed by atoms with van der Waals surface area (Å²) in [6.45, 7) is 9.16. The van der Waals surface area contributed by atoms with E-state index in [9.17, 15) is 24.3 Å². The SMILES string of the molecule is C=C[C@@H]1C[C@]1(NC(=O)[C@@H]1C[C@@H](Oc2cc(-c3csc(OC)n3)nc3c(Cl)c(OC)ccc23)CN1C(=O)C(NC(=O)OC1C[C@@H]2C[C@@H]2C1)C(=C)C)C(=O)O. The number of carbonyl (C=O) groups excluding carboxylic acids is 3. The molecule has 16 heteroatoms. The lowest BCUT2D eigenvalue weighted by Crippen LogP contribution is -2.56. The van der Waals surface area contributed by atoms with Crippen molar-refractivity contribution in [1.82, 2.24) is 25.5 Å². The molecule has 3 aliphatic carbocycles. The van der Waals surface area contributed by atoms with Crippen molar-refractivity contribution in [3.63, 3.8) is 0 Å². The summed E-state index contributed by atoms with van der Waals surface area (Å²) in [5.74, 6) is -1.04. The molecule has 1 aromatic carbocycles. The van der Waals surface area contributed by atoms with E-state index in [0.29, 0.717) is 56.4 Å². The van der Waals surface area contributed by atoms with Crippen molar-refractivity contribution in [2.24, 2.45) is 17.8 Å². The number of nitrogens with zero attached hydrogens (tertiary/aromatic N) is 3. The zero-order chi connectivity index (χ0) is 37.8. The number of benzene rings is 1. The van der Waals surface area contributed by atoms with Gasteiger partial charge >= 0.3 is 12.1 Å². The van der Waals surface area contributed by atoms with Crippen LogP contribution in [0.5, 0.6) is 16.7 Å². The van der Waals surface area contributed by atoms with Gasteiger partial charge in [-0.3, -0.25) is 9.59 Å². The number of alkyl carbamates (subject to hydrolysis) is 1. The third-order valence-electron chi connectivity index (χ3n) is 10.6. The van der Waals surface area contributed by atoms with Gasteiger partial charge < -0.3 is 39.6 Å². The van der Waals surface area contributed by atoms with Crippen molar-refractivity contribution in [3.05, 3.63) is 53.4 Å². The van der Waals surface area contributed by atoms with E-state index in [0.717, 1.165) is 19.3 Å². The smallest absolute Gasteiger partial charge is 0.408 e. The highest BCUT2D eigenvalue weighted by atomic mass is 35.5. The summed E-state index contributed by atoms with van der Waals surface area (Å²) in [7, 11) is 3.01. The fourth-order valence-electron chi connectivity index (χ4n) is 7.56. The molecule has 3 saturated carbocycles. The first-order chi connectivity index (χ1) is 25.3. The van der Waals surface area contributed by atoms with Gasteiger partial charge in [-0.05, 0) is 62.1 Å². The summed E-state index contributed by atoms with van der Waals surface area (Å²) in [5.41, 5.74) is 0.107. The van der Waals surface area contributed by atoms with Gasteiger partial charge in [-0.25, -0.2) is 19.6 Å². The molecule has 4 fully saturated rings. The van der Waals surface area contributed by atoms with Crippen LogP contribution in [0.25, 0.3) is 22.3 Å². The largest absolute Gasteiger partial charge is 0.495 e. The Balaban J connectivity index is 1.19. The maximum absolute atomic E-state index is 14.3. The Morgan fingerprint density at radius 3 is 2.45 bits per heavy atom. The Kier molecular flexibility index (Phi) is 9.74. The van der Waals surface area contributed by atoms with Crippen LogP contribution < -0.4 is 24.8 Å². The van der Waals surface area contributed by atoms with Crippen LogP contribution in [-0.4, -0.2) is 94.4 Å². The van der Waals surface area contributed by atoms with Gasteiger partial charge in [-0.15, -0.1) is 6.58 Å². The third kappa shape index (κ3) is 6.99. The molecule has 1 saturated heterocycles. The highest BCUT2D eigenvalue weighted by molar-refractivity contribution is 7.11. The van der Waals surface area contributed by atoms with Crippen molar-refractivity contribution in [2.75, 3.05) is 20.8 Å². The Morgan fingerprint density at radius 2 is 1.83 bits per heavy atom. The number of fused-ring (bicyclic) bond motifs is 2. The van der Waals surface area contributed by atoms with Crippen LogP contribution in [0.4, 0.5) is 4.79 Å². The Labute approximate surface area is 314 Å². The lowest BCUT2D eigenvalue weighted by molar-refractivity contribution is -0.145. The molecule has 2 aromatic heterocycles. The summed E-state index contributed by atoms with van der Waals surface area (Å²) in [5, 5.41) is 18.4. The predicted molar refractivity (Wildman–Crippen MR) is 195 cm³/mol. The number of carboxylic acids is 1. The number of aliphatic carboxylic acids is 1. The van der Waals surface area contributed by atoms with Gasteiger partial charge in [0.1, 0.15) is 52.0 Å². The predicted octanol–water partition coefficient (Wildman–Crippen LogP) is 4.99. The van der Waals surface area contributed by atoms with Crippen LogP contribution in [0.1, 0.15) is 39.0 Å². The number of hydrogen-bond acceptors (Lipinski definition) is 11. The average Bonchev–Trinajstić information content (AvgIpc) is 3.78. The molecule has 4 aliphatic rings. The van der Waals surface area contributed by atoms with E-state index in [1.165, 1.54) is 36.5 Å². The van der Waals surface area contributed by atoms with E-state index in [1.807, 2.05) is 0 Å². The lowest BCUT2D eigenvalue weighted by atomic mass is 10.1. The fraction of sp³-hybridized carbons (Fsp3) is 0.459. The third-order valence-corrected chi connectivity index (χ3v) is 11.8. The molecule has 0 radical (unpaired) electrons. The second-order valence-corrected chi connectivity index (χ2v) is 15.4. The van der Waals surface area contributed by atoms with Gasteiger partial charge in [0.2, 0.25) is 11.8 Å². The van der Waals surface area contributed by atoms with Crippen LogP contribution >= 0.6 is 22.9 Å². The average molecular weight is 766 g/mol. The normalized spacial score (nSPS) is 27.3. The van der Waals surface area contributed by atoms with Crippen molar-refractivity contribution in [2.45, 2.75) is 68.9 Å². The molecular weight excluding hydrogens is 726 g/mol. The van der Waals surface area contributed by atoms with Crippen LogP contribution in [0, 0.1) is 17.8 Å². The zero-order valence-corrected chi connectivity index (χ0v) is 31.0. The minimum Gasteiger partial charge on any atom is -0.495 e.